The molecular weight excluding hydrogens is 465 g/mol. The normalized spacial score (nSPS) is 11.8. The Morgan fingerprint density at radius 1 is 0.656 bits per heavy atom. The average molecular weight is 477 g/mol. The first kappa shape index (κ1) is 23.3. The predicted molar refractivity (Wildman–Crippen MR) is 102 cm³/mol. The lowest BCUT2D eigenvalue weighted by molar-refractivity contribution is -0.138. The molecule has 4 heterocycles. The van der Waals surface area contributed by atoms with Gasteiger partial charge in [-0.3, -0.25) is 0 Å². The first-order valence-corrected chi connectivity index (χ1v) is 9.07. The van der Waals surface area contributed by atoms with E-state index in [4.69, 9.17) is 11.6 Å². The fourth-order valence-electron chi connectivity index (χ4n) is 2.54. The van der Waals surface area contributed by atoms with E-state index >= 15 is 0 Å². The molecule has 0 radical (unpaired) electrons. The Balaban J connectivity index is 0.000000181. The number of pyridine rings is 2. The van der Waals surface area contributed by atoms with Gasteiger partial charge in [-0.2, -0.15) is 30.7 Å². The molecule has 4 aromatic rings. The number of hydrogen-bond donors (Lipinski definition) is 0. The molecule has 168 valence electrons. The molecule has 0 saturated carbocycles. The van der Waals surface area contributed by atoms with Gasteiger partial charge in [0.05, 0.1) is 16.8 Å². The van der Waals surface area contributed by atoms with E-state index in [-0.39, 0.29) is 16.5 Å². The summed E-state index contributed by atoms with van der Waals surface area (Å²) in [5.41, 5.74) is -1.81. The second kappa shape index (κ2) is 9.03. The molecule has 0 aliphatic heterocycles. The zero-order chi connectivity index (χ0) is 23.5. The van der Waals surface area contributed by atoms with Crippen molar-refractivity contribution < 1.29 is 30.7 Å². The van der Waals surface area contributed by atoms with Crippen LogP contribution in [0.15, 0.2) is 73.6 Å². The summed E-state index contributed by atoms with van der Waals surface area (Å²) in [6.07, 6.45) is -1.66. The summed E-state index contributed by atoms with van der Waals surface area (Å²) in [4.78, 5) is 6.62. The fourth-order valence-corrected chi connectivity index (χ4v) is 2.74. The van der Waals surface area contributed by atoms with Gasteiger partial charge in [-0.1, -0.05) is 11.6 Å². The second-order valence-electron chi connectivity index (χ2n) is 6.24. The van der Waals surface area contributed by atoms with Crippen LogP contribution >= 0.6 is 11.6 Å². The van der Waals surface area contributed by atoms with Crippen molar-refractivity contribution in [3.05, 3.63) is 95.8 Å². The van der Waals surface area contributed by atoms with Crippen LogP contribution in [0.1, 0.15) is 11.1 Å². The highest BCUT2D eigenvalue weighted by atomic mass is 35.5. The van der Waals surface area contributed by atoms with E-state index in [0.717, 1.165) is 18.3 Å². The van der Waals surface area contributed by atoms with Crippen LogP contribution in [0.3, 0.4) is 0 Å². The van der Waals surface area contributed by atoms with E-state index in [1.807, 2.05) is 0 Å². The van der Waals surface area contributed by atoms with Gasteiger partial charge in [-0.15, -0.1) is 0 Å². The molecule has 12 heteroatoms. The third kappa shape index (κ3) is 5.47. The van der Waals surface area contributed by atoms with Crippen molar-refractivity contribution in [2.45, 2.75) is 12.4 Å². The Bertz CT molecular complexity index is 1070. The molecule has 0 fully saturated rings. The van der Waals surface area contributed by atoms with Crippen LogP contribution in [0.25, 0.3) is 11.4 Å². The van der Waals surface area contributed by atoms with Gasteiger partial charge in [0.25, 0.3) is 0 Å². The quantitative estimate of drug-likeness (QED) is 0.242. The van der Waals surface area contributed by atoms with Crippen molar-refractivity contribution in [2.75, 3.05) is 0 Å². The lowest BCUT2D eigenvalue weighted by Crippen LogP contribution is -2.08. The van der Waals surface area contributed by atoms with Crippen molar-refractivity contribution in [3.8, 4) is 11.4 Å². The van der Waals surface area contributed by atoms with Crippen LogP contribution in [0, 0.1) is 5.95 Å². The van der Waals surface area contributed by atoms with Gasteiger partial charge in [0.1, 0.15) is 5.69 Å². The third-order valence-electron chi connectivity index (χ3n) is 4.06. The summed E-state index contributed by atoms with van der Waals surface area (Å²) in [6.45, 7) is 0. The molecule has 0 aromatic carbocycles. The van der Waals surface area contributed by atoms with E-state index in [0.29, 0.717) is 6.20 Å². The monoisotopic (exact) mass is 476 g/mol. The number of nitrogens with zero attached hydrogens (tertiary/aromatic N) is 4. The maximum absolute atomic E-state index is 13.2. The maximum atomic E-state index is 13.2. The Kier molecular flexibility index (Phi) is 6.58. The lowest BCUT2D eigenvalue weighted by Gasteiger charge is -2.10. The molecule has 0 bridgehead atoms. The van der Waals surface area contributed by atoms with Gasteiger partial charge in [0, 0.05) is 37.2 Å². The largest absolute Gasteiger partial charge is 0.417 e. The van der Waals surface area contributed by atoms with Gasteiger partial charge in [-0.05, 0) is 36.4 Å². The van der Waals surface area contributed by atoms with Crippen molar-refractivity contribution in [3.63, 3.8) is 0 Å². The second-order valence-corrected chi connectivity index (χ2v) is 6.60. The zero-order valence-corrected chi connectivity index (χ0v) is 16.5. The van der Waals surface area contributed by atoms with Crippen molar-refractivity contribution in [1.29, 1.82) is 0 Å². The van der Waals surface area contributed by atoms with E-state index < -0.39 is 29.4 Å². The molecule has 0 N–H and O–H groups in total. The SMILES string of the molecule is FC(F)(F)c1cnc(Cl)c(-n2cccc2)c1.Fc1ncc(C(F)(F)F)cc1-n1cccc1. The molecule has 4 aromatic heterocycles. The van der Waals surface area contributed by atoms with Crippen LogP contribution in [0.4, 0.5) is 30.7 Å². The highest BCUT2D eigenvalue weighted by Gasteiger charge is 2.32. The molecular formula is C20H12ClF7N4. The highest BCUT2D eigenvalue weighted by Crippen LogP contribution is 2.32. The summed E-state index contributed by atoms with van der Waals surface area (Å²) in [6, 6.07) is 8.24. The highest BCUT2D eigenvalue weighted by molar-refractivity contribution is 6.31. The smallest absolute Gasteiger partial charge is 0.321 e. The van der Waals surface area contributed by atoms with Gasteiger partial charge in [-0.25, -0.2) is 9.97 Å². The topological polar surface area (TPSA) is 35.6 Å². The third-order valence-corrected chi connectivity index (χ3v) is 4.35. The minimum Gasteiger partial charge on any atom is -0.321 e. The summed E-state index contributed by atoms with van der Waals surface area (Å²) in [5, 5.41) is 0.0317. The van der Waals surface area contributed by atoms with Crippen LogP contribution in [-0.2, 0) is 12.4 Å². The average Bonchev–Trinajstić information content (AvgIpc) is 3.42. The van der Waals surface area contributed by atoms with E-state index in [2.05, 4.69) is 9.97 Å². The molecule has 0 aliphatic carbocycles. The van der Waals surface area contributed by atoms with Gasteiger partial charge in [0.2, 0.25) is 5.95 Å². The van der Waals surface area contributed by atoms with Crippen LogP contribution in [-0.4, -0.2) is 19.1 Å². The number of halogens is 8. The zero-order valence-electron chi connectivity index (χ0n) is 15.7. The van der Waals surface area contributed by atoms with Gasteiger partial charge < -0.3 is 9.13 Å². The minimum atomic E-state index is -4.53. The van der Waals surface area contributed by atoms with Crippen molar-refractivity contribution >= 4 is 11.6 Å². The number of alkyl halides is 6. The molecule has 4 nitrogen and oxygen atoms in total. The lowest BCUT2D eigenvalue weighted by atomic mass is 10.2. The van der Waals surface area contributed by atoms with Gasteiger partial charge in [0.15, 0.2) is 5.15 Å². The van der Waals surface area contributed by atoms with Crippen LogP contribution in [0.5, 0.6) is 0 Å². The van der Waals surface area contributed by atoms with Crippen LogP contribution in [0.2, 0.25) is 5.15 Å². The van der Waals surface area contributed by atoms with Crippen molar-refractivity contribution in [2.24, 2.45) is 0 Å². The Hall–Kier alpha value is -3.34. The summed E-state index contributed by atoms with van der Waals surface area (Å²) < 4.78 is 90.4. The Morgan fingerprint density at radius 2 is 1.06 bits per heavy atom. The molecule has 0 spiro atoms. The molecule has 0 saturated heterocycles. The van der Waals surface area contributed by atoms with E-state index in [1.165, 1.54) is 21.5 Å². The number of rotatable bonds is 2. The molecule has 0 atom stereocenters. The van der Waals surface area contributed by atoms with Crippen molar-refractivity contribution in [1.82, 2.24) is 19.1 Å². The number of hydrogen-bond acceptors (Lipinski definition) is 2. The fraction of sp³-hybridized carbons (Fsp3) is 0.100. The van der Waals surface area contributed by atoms with Crippen LogP contribution < -0.4 is 0 Å². The first-order valence-electron chi connectivity index (χ1n) is 8.69. The Labute approximate surface area is 181 Å². The first-order chi connectivity index (χ1) is 15.0. The molecule has 4 rings (SSSR count). The summed E-state index contributed by atoms with van der Waals surface area (Å²) >= 11 is 5.74. The summed E-state index contributed by atoms with van der Waals surface area (Å²) in [7, 11) is 0. The van der Waals surface area contributed by atoms with E-state index in [1.54, 1.807) is 36.7 Å². The Morgan fingerprint density at radius 3 is 1.53 bits per heavy atom. The summed E-state index contributed by atoms with van der Waals surface area (Å²) in [5.74, 6) is -0.941. The standard InChI is InChI=1S/C10H6ClF3N2.C10H6F4N2/c2*11-9-8(16-3-1-2-4-16)5-7(6-15-9)10(12,13)14/h2*1-6H. The molecule has 0 aliphatic rings. The van der Waals surface area contributed by atoms with Gasteiger partial charge >= 0.3 is 12.4 Å². The molecule has 0 amide bonds. The number of aromatic nitrogens is 4. The predicted octanol–water partition coefficient (Wildman–Crippen LogP) is 6.57. The molecule has 32 heavy (non-hydrogen) atoms. The maximum Gasteiger partial charge on any atom is 0.417 e. The molecule has 0 unspecified atom stereocenters. The van der Waals surface area contributed by atoms with E-state index in [9.17, 15) is 30.7 Å². The minimum absolute atomic E-state index is 0.0317.